The number of hydrogen-bond acceptors (Lipinski definition) is 5. The number of ether oxygens (including phenoxy) is 2. The van der Waals surface area contributed by atoms with Crippen molar-refractivity contribution in [2.45, 2.75) is 26.7 Å². The molecule has 0 spiro atoms. The van der Waals surface area contributed by atoms with E-state index in [-0.39, 0.29) is 36.4 Å². The van der Waals surface area contributed by atoms with Crippen LogP contribution < -0.4 is 0 Å². The highest BCUT2D eigenvalue weighted by molar-refractivity contribution is 6.07. The number of hydrogen-bond donors (Lipinski definition) is 0. The number of methoxy groups -OCH3 is 1. The van der Waals surface area contributed by atoms with Crippen LogP contribution in [-0.2, 0) is 14.3 Å². The number of benzene rings is 1. The fourth-order valence-electron chi connectivity index (χ4n) is 1.73. The fraction of sp³-hybridized carbons (Fsp3) is 0.400. The first-order chi connectivity index (χ1) is 9.49. The first kappa shape index (κ1) is 15.9. The average molecular weight is 278 g/mol. The number of aryl methyl sites for hydroxylation is 1. The van der Waals surface area contributed by atoms with E-state index >= 15 is 0 Å². The van der Waals surface area contributed by atoms with Crippen molar-refractivity contribution in [2.75, 3.05) is 13.7 Å². The van der Waals surface area contributed by atoms with Crippen molar-refractivity contribution in [2.24, 2.45) is 0 Å². The zero-order valence-electron chi connectivity index (χ0n) is 11.9. The summed E-state index contributed by atoms with van der Waals surface area (Å²) in [4.78, 5) is 35.0. The van der Waals surface area contributed by atoms with Crippen LogP contribution in [0, 0.1) is 6.92 Å². The molecule has 0 aliphatic carbocycles. The lowest BCUT2D eigenvalue weighted by atomic mass is 9.98. The molecule has 1 aromatic rings. The largest absolute Gasteiger partial charge is 0.469 e. The molecule has 0 saturated heterocycles. The molecule has 0 unspecified atom stereocenters. The topological polar surface area (TPSA) is 69.7 Å². The van der Waals surface area contributed by atoms with Crippen LogP contribution in [0.2, 0.25) is 0 Å². The third-order valence-electron chi connectivity index (χ3n) is 2.75. The normalized spacial score (nSPS) is 9.95. The maximum Gasteiger partial charge on any atom is 0.338 e. The van der Waals surface area contributed by atoms with E-state index < -0.39 is 11.9 Å². The van der Waals surface area contributed by atoms with E-state index in [1.807, 2.05) is 6.92 Å². The summed E-state index contributed by atoms with van der Waals surface area (Å²) in [6, 6.07) is 4.94. The maximum absolute atomic E-state index is 12.1. The van der Waals surface area contributed by atoms with Gasteiger partial charge in [-0.15, -0.1) is 0 Å². The van der Waals surface area contributed by atoms with Crippen LogP contribution in [0.1, 0.15) is 46.0 Å². The lowest BCUT2D eigenvalue weighted by molar-refractivity contribution is -0.140. The van der Waals surface area contributed by atoms with Gasteiger partial charge in [-0.25, -0.2) is 4.79 Å². The van der Waals surface area contributed by atoms with Crippen molar-refractivity contribution < 1.29 is 23.9 Å². The van der Waals surface area contributed by atoms with Gasteiger partial charge in [0, 0.05) is 12.0 Å². The third-order valence-corrected chi connectivity index (χ3v) is 2.75. The average Bonchev–Trinajstić information content (AvgIpc) is 2.44. The summed E-state index contributed by atoms with van der Waals surface area (Å²) in [6.45, 7) is 3.76. The molecule has 0 atom stereocenters. The van der Waals surface area contributed by atoms with Gasteiger partial charge in [0.1, 0.15) is 0 Å². The molecule has 108 valence electrons. The van der Waals surface area contributed by atoms with Gasteiger partial charge in [-0.2, -0.15) is 0 Å². The highest BCUT2D eigenvalue weighted by Crippen LogP contribution is 2.16. The molecule has 0 heterocycles. The number of ketones is 1. The van der Waals surface area contributed by atoms with E-state index in [1.54, 1.807) is 25.1 Å². The summed E-state index contributed by atoms with van der Waals surface area (Å²) in [6.07, 6.45) is -0.00633. The number of rotatable bonds is 6. The Kier molecular flexibility index (Phi) is 5.90. The smallest absolute Gasteiger partial charge is 0.338 e. The van der Waals surface area contributed by atoms with Crippen molar-refractivity contribution in [3.8, 4) is 0 Å². The Balaban J connectivity index is 2.96. The number of esters is 2. The van der Waals surface area contributed by atoms with E-state index in [9.17, 15) is 14.4 Å². The van der Waals surface area contributed by atoms with Crippen LogP contribution in [0.5, 0.6) is 0 Å². The minimum absolute atomic E-state index is 0.00212. The second kappa shape index (κ2) is 7.43. The molecule has 5 heteroatoms. The standard InChI is InChI=1S/C15H18O5/c1-4-20-15(18)12-9-10(2)5-6-11(12)13(16)7-8-14(17)19-3/h5-6,9H,4,7-8H2,1-3H3. The van der Waals surface area contributed by atoms with Crippen LogP contribution in [0.4, 0.5) is 0 Å². The van der Waals surface area contributed by atoms with Gasteiger partial charge in [-0.05, 0) is 19.9 Å². The van der Waals surface area contributed by atoms with Crippen LogP contribution in [0.15, 0.2) is 18.2 Å². The first-order valence-corrected chi connectivity index (χ1v) is 6.37. The Labute approximate surface area is 117 Å². The highest BCUT2D eigenvalue weighted by Gasteiger charge is 2.19. The minimum Gasteiger partial charge on any atom is -0.469 e. The van der Waals surface area contributed by atoms with E-state index in [0.29, 0.717) is 0 Å². The summed E-state index contributed by atoms with van der Waals surface area (Å²) in [5.74, 6) is -1.26. The summed E-state index contributed by atoms with van der Waals surface area (Å²) in [5, 5.41) is 0. The summed E-state index contributed by atoms with van der Waals surface area (Å²) >= 11 is 0. The molecule has 0 fully saturated rings. The molecular weight excluding hydrogens is 260 g/mol. The summed E-state index contributed by atoms with van der Waals surface area (Å²) < 4.78 is 9.43. The van der Waals surface area contributed by atoms with Gasteiger partial charge in [-0.3, -0.25) is 9.59 Å². The van der Waals surface area contributed by atoms with Crippen LogP contribution >= 0.6 is 0 Å². The lowest BCUT2D eigenvalue weighted by Crippen LogP contribution is -2.13. The lowest BCUT2D eigenvalue weighted by Gasteiger charge is -2.09. The quantitative estimate of drug-likeness (QED) is 0.590. The maximum atomic E-state index is 12.1. The SMILES string of the molecule is CCOC(=O)c1cc(C)ccc1C(=O)CCC(=O)OC. The molecule has 0 saturated carbocycles. The molecule has 0 radical (unpaired) electrons. The van der Waals surface area contributed by atoms with E-state index in [4.69, 9.17) is 4.74 Å². The first-order valence-electron chi connectivity index (χ1n) is 6.37. The molecule has 0 aromatic heterocycles. The predicted octanol–water partition coefficient (Wildman–Crippen LogP) is 2.31. The second-order valence-electron chi connectivity index (χ2n) is 4.27. The minimum atomic E-state index is -0.530. The van der Waals surface area contributed by atoms with E-state index in [0.717, 1.165) is 5.56 Å². The highest BCUT2D eigenvalue weighted by atomic mass is 16.5. The number of Topliss-reactive ketones (excluding diaryl/α,β-unsaturated/α-hetero) is 1. The molecule has 20 heavy (non-hydrogen) atoms. The molecule has 1 aromatic carbocycles. The van der Waals surface area contributed by atoms with Crippen molar-refractivity contribution in [3.05, 3.63) is 34.9 Å². The zero-order valence-corrected chi connectivity index (χ0v) is 11.9. The van der Waals surface area contributed by atoms with Crippen molar-refractivity contribution >= 4 is 17.7 Å². The predicted molar refractivity (Wildman–Crippen MR) is 72.7 cm³/mol. The van der Waals surface area contributed by atoms with E-state index in [1.165, 1.54) is 7.11 Å². The van der Waals surface area contributed by atoms with Gasteiger partial charge in [-0.1, -0.05) is 17.7 Å². The Morgan fingerprint density at radius 3 is 2.40 bits per heavy atom. The van der Waals surface area contributed by atoms with E-state index in [2.05, 4.69) is 4.74 Å². The van der Waals surface area contributed by atoms with Gasteiger partial charge in [0.15, 0.2) is 5.78 Å². The van der Waals surface area contributed by atoms with Crippen LogP contribution in [-0.4, -0.2) is 31.4 Å². The van der Waals surface area contributed by atoms with Crippen LogP contribution in [0.3, 0.4) is 0 Å². The molecule has 1 rings (SSSR count). The molecular formula is C15H18O5. The molecule has 5 nitrogen and oxygen atoms in total. The number of carbonyl (C=O) groups excluding carboxylic acids is 3. The second-order valence-corrected chi connectivity index (χ2v) is 4.27. The molecule has 0 aliphatic rings. The Bertz CT molecular complexity index is 519. The third kappa shape index (κ3) is 4.19. The molecule has 0 aliphatic heterocycles. The van der Waals surface area contributed by atoms with Gasteiger partial charge in [0.05, 0.1) is 25.7 Å². The monoisotopic (exact) mass is 278 g/mol. The molecule has 0 bridgehead atoms. The Morgan fingerprint density at radius 2 is 1.80 bits per heavy atom. The molecule has 0 N–H and O–H groups in total. The number of carbonyl (C=O) groups is 3. The van der Waals surface area contributed by atoms with Crippen molar-refractivity contribution in [1.29, 1.82) is 0 Å². The van der Waals surface area contributed by atoms with Gasteiger partial charge in [0.25, 0.3) is 0 Å². The van der Waals surface area contributed by atoms with Gasteiger partial charge >= 0.3 is 11.9 Å². The zero-order chi connectivity index (χ0) is 15.1. The summed E-state index contributed by atoms with van der Waals surface area (Å²) in [5.41, 5.74) is 1.37. The van der Waals surface area contributed by atoms with Gasteiger partial charge in [0.2, 0.25) is 0 Å². The summed E-state index contributed by atoms with van der Waals surface area (Å²) in [7, 11) is 1.27. The molecule has 0 amide bonds. The van der Waals surface area contributed by atoms with Crippen molar-refractivity contribution in [3.63, 3.8) is 0 Å². The van der Waals surface area contributed by atoms with Gasteiger partial charge < -0.3 is 9.47 Å². The Morgan fingerprint density at radius 1 is 1.10 bits per heavy atom. The van der Waals surface area contributed by atoms with Crippen molar-refractivity contribution in [1.82, 2.24) is 0 Å². The Hall–Kier alpha value is -2.17. The fourth-order valence-corrected chi connectivity index (χ4v) is 1.73. The van der Waals surface area contributed by atoms with Crippen LogP contribution in [0.25, 0.3) is 0 Å².